The summed E-state index contributed by atoms with van der Waals surface area (Å²) in [4.78, 5) is 12.2. The predicted molar refractivity (Wildman–Crippen MR) is 70.7 cm³/mol. The second kappa shape index (κ2) is 4.78. The zero-order chi connectivity index (χ0) is 12.4. The summed E-state index contributed by atoms with van der Waals surface area (Å²) in [6.45, 7) is 0. The maximum atomic E-state index is 12.2. The van der Waals surface area contributed by atoms with E-state index < -0.39 is 0 Å². The van der Waals surface area contributed by atoms with Gasteiger partial charge in [0.25, 0.3) is 0 Å². The lowest BCUT2D eigenvalue weighted by atomic mass is 10.0. The van der Waals surface area contributed by atoms with E-state index in [1.807, 2.05) is 0 Å². The van der Waals surface area contributed by atoms with Gasteiger partial charge in [-0.05, 0) is 36.4 Å². The first-order valence-electron chi connectivity index (χ1n) is 4.94. The van der Waals surface area contributed by atoms with Gasteiger partial charge in [0.1, 0.15) is 0 Å². The molecule has 0 saturated heterocycles. The number of benzene rings is 2. The minimum Gasteiger partial charge on any atom is -0.398 e. The molecule has 2 aromatic rings. The third kappa shape index (κ3) is 2.43. The lowest BCUT2D eigenvalue weighted by Crippen LogP contribution is -2.06. The van der Waals surface area contributed by atoms with Crippen LogP contribution in [0.5, 0.6) is 0 Å². The van der Waals surface area contributed by atoms with Crippen molar-refractivity contribution in [1.82, 2.24) is 0 Å². The van der Waals surface area contributed by atoms with E-state index in [1.165, 1.54) is 0 Å². The number of ketones is 1. The van der Waals surface area contributed by atoms with Crippen LogP contribution in [0.25, 0.3) is 0 Å². The van der Waals surface area contributed by atoms with Crippen molar-refractivity contribution in [2.75, 3.05) is 5.73 Å². The molecule has 17 heavy (non-hydrogen) atoms. The standard InChI is InChI=1S/C13H9Cl2NO/c14-9-6-4-8(5-7-9)13(17)12-10(15)2-1-3-11(12)16/h1-7H,16H2. The van der Waals surface area contributed by atoms with Crippen molar-refractivity contribution < 1.29 is 4.79 Å². The van der Waals surface area contributed by atoms with Crippen LogP contribution in [0, 0.1) is 0 Å². The number of anilines is 1. The third-order valence-electron chi connectivity index (χ3n) is 2.38. The number of carbonyl (C=O) groups excluding carboxylic acids is 1. The molecule has 0 fully saturated rings. The average molecular weight is 266 g/mol. The molecule has 86 valence electrons. The summed E-state index contributed by atoms with van der Waals surface area (Å²) in [6, 6.07) is 11.6. The molecular weight excluding hydrogens is 257 g/mol. The molecule has 0 saturated carbocycles. The van der Waals surface area contributed by atoms with Gasteiger partial charge in [-0.1, -0.05) is 29.3 Å². The molecule has 0 aliphatic heterocycles. The number of nitrogens with two attached hydrogens (primary N) is 1. The number of hydrogen-bond donors (Lipinski definition) is 1. The van der Waals surface area contributed by atoms with Gasteiger partial charge >= 0.3 is 0 Å². The van der Waals surface area contributed by atoms with Crippen LogP contribution in [-0.4, -0.2) is 5.78 Å². The Labute approximate surface area is 109 Å². The molecule has 0 radical (unpaired) electrons. The molecule has 0 aliphatic rings. The van der Waals surface area contributed by atoms with Crippen molar-refractivity contribution in [2.24, 2.45) is 0 Å². The number of rotatable bonds is 2. The first-order chi connectivity index (χ1) is 8.09. The molecule has 0 aromatic heterocycles. The zero-order valence-corrected chi connectivity index (χ0v) is 10.3. The quantitative estimate of drug-likeness (QED) is 0.663. The summed E-state index contributed by atoms with van der Waals surface area (Å²) >= 11 is 11.7. The van der Waals surface area contributed by atoms with Gasteiger partial charge in [0.2, 0.25) is 0 Å². The predicted octanol–water partition coefficient (Wildman–Crippen LogP) is 3.81. The van der Waals surface area contributed by atoms with Gasteiger partial charge in [-0.25, -0.2) is 0 Å². The van der Waals surface area contributed by atoms with Gasteiger partial charge in [-0.2, -0.15) is 0 Å². The van der Waals surface area contributed by atoms with E-state index >= 15 is 0 Å². The lowest BCUT2D eigenvalue weighted by Gasteiger charge is -2.06. The summed E-state index contributed by atoms with van der Waals surface area (Å²) in [7, 11) is 0. The van der Waals surface area contributed by atoms with Crippen LogP contribution >= 0.6 is 23.2 Å². The first kappa shape index (κ1) is 12.0. The lowest BCUT2D eigenvalue weighted by molar-refractivity contribution is 0.103. The van der Waals surface area contributed by atoms with E-state index in [0.29, 0.717) is 26.9 Å². The van der Waals surface area contributed by atoms with E-state index in [0.717, 1.165) is 0 Å². The summed E-state index contributed by atoms with van der Waals surface area (Å²) in [5, 5.41) is 0.929. The normalized spacial score (nSPS) is 10.2. The number of halogens is 2. The van der Waals surface area contributed by atoms with Crippen LogP contribution in [0.15, 0.2) is 42.5 Å². The first-order valence-corrected chi connectivity index (χ1v) is 5.69. The second-order valence-electron chi connectivity index (χ2n) is 3.54. The van der Waals surface area contributed by atoms with E-state index in [1.54, 1.807) is 42.5 Å². The van der Waals surface area contributed by atoms with Gasteiger partial charge in [0.15, 0.2) is 5.78 Å². The number of nitrogen functional groups attached to an aromatic ring is 1. The van der Waals surface area contributed by atoms with Crippen LogP contribution in [0.4, 0.5) is 5.69 Å². The fraction of sp³-hybridized carbons (Fsp3) is 0. The smallest absolute Gasteiger partial charge is 0.196 e. The van der Waals surface area contributed by atoms with Crippen molar-refractivity contribution in [3.63, 3.8) is 0 Å². The molecule has 2 N–H and O–H groups in total. The minimum atomic E-state index is -0.204. The van der Waals surface area contributed by atoms with E-state index in [-0.39, 0.29) is 5.78 Å². The monoisotopic (exact) mass is 265 g/mol. The molecule has 0 heterocycles. The molecule has 0 bridgehead atoms. The molecule has 2 aromatic carbocycles. The van der Waals surface area contributed by atoms with E-state index in [2.05, 4.69) is 0 Å². The minimum absolute atomic E-state index is 0.204. The average Bonchev–Trinajstić information content (AvgIpc) is 2.29. The summed E-state index contributed by atoms with van der Waals surface area (Å²) < 4.78 is 0. The van der Waals surface area contributed by atoms with Crippen LogP contribution in [0.3, 0.4) is 0 Å². The maximum absolute atomic E-state index is 12.2. The molecule has 2 rings (SSSR count). The Balaban J connectivity index is 2.47. The highest BCUT2D eigenvalue weighted by molar-refractivity contribution is 6.36. The van der Waals surface area contributed by atoms with Crippen molar-refractivity contribution in [3.05, 3.63) is 63.6 Å². The molecule has 0 atom stereocenters. The zero-order valence-electron chi connectivity index (χ0n) is 8.78. The molecule has 2 nitrogen and oxygen atoms in total. The van der Waals surface area contributed by atoms with Crippen LogP contribution in [-0.2, 0) is 0 Å². The maximum Gasteiger partial charge on any atom is 0.196 e. The molecule has 4 heteroatoms. The van der Waals surface area contributed by atoms with Gasteiger partial charge in [0.05, 0.1) is 10.6 Å². The Bertz CT molecular complexity index is 544. The second-order valence-corrected chi connectivity index (χ2v) is 4.38. The van der Waals surface area contributed by atoms with Crippen molar-refractivity contribution in [3.8, 4) is 0 Å². The highest BCUT2D eigenvalue weighted by atomic mass is 35.5. The van der Waals surface area contributed by atoms with Gasteiger partial charge in [-0.15, -0.1) is 0 Å². The highest BCUT2D eigenvalue weighted by Gasteiger charge is 2.15. The van der Waals surface area contributed by atoms with Crippen molar-refractivity contribution in [2.45, 2.75) is 0 Å². The van der Waals surface area contributed by atoms with Crippen LogP contribution < -0.4 is 5.73 Å². The fourth-order valence-corrected chi connectivity index (χ4v) is 1.92. The van der Waals surface area contributed by atoms with E-state index in [4.69, 9.17) is 28.9 Å². The van der Waals surface area contributed by atoms with Crippen molar-refractivity contribution >= 4 is 34.7 Å². The molecule has 0 spiro atoms. The Morgan fingerprint density at radius 3 is 2.24 bits per heavy atom. The Morgan fingerprint density at radius 2 is 1.65 bits per heavy atom. The molecule has 0 amide bonds. The largest absolute Gasteiger partial charge is 0.398 e. The Kier molecular flexibility index (Phi) is 3.36. The molecule has 0 unspecified atom stereocenters. The molecule has 0 aliphatic carbocycles. The highest BCUT2D eigenvalue weighted by Crippen LogP contribution is 2.25. The number of carbonyl (C=O) groups is 1. The number of hydrogen-bond acceptors (Lipinski definition) is 2. The topological polar surface area (TPSA) is 43.1 Å². The SMILES string of the molecule is Nc1cccc(Cl)c1C(=O)c1ccc(Cl)cc1. The molecular formula is C13H9Cl2NO. The van der Waals surface area contributed by atoms with Crippen LogP contribution in [0.1, 0.15) is 15.9 Å². The van der Waals surface area contributed by atoms with Crippen molar-refractivity contribution in [1.29, 1.82) is 0 Å². The van der Waals surface area contributed by atoms with Crippen LogP contribution in [0.2, 0.25) is 10.0 Å². The van der Waals surface area contributed by atoms with E-state index in [9.17, 15) is 4.79 Å². The third-order valence-corrected chi connectivity index (χ3v) is 2.95. The summed E-state index contributed by atoms with van der Waals surface area (Å²) in [6.07, 6.45) is 0. The Morgan fingerprint density at radius 1 is 1.00 bits per heavy atom. The van der Waals surface area contributed by atoms with Gasteiger partial charge in [-0.3, -0.25) is 4.79 Å². The van der Waals surface area contributed by atoms with Gasteiger partial charge < -0.3 is 5.73 Å². The van der Waals surface area contributed by atoms with Gasteiger partial charge in [0, 0.05) is 16.3 Å². The Hall–Kier alpha value is -1.51. The fourth-order valence-electron chi connectivity index (χ4n) is 1.53. The summed E-state index contributed by atoms with van der Waals surface area (Å²) in [5.74, 6) is -0.204. The summed E-state index contributed by atoms with van der Waals surface area (Å²) in [5.41, 5.74) is 6.97.